The second-order valence-corrected chi connectivity index (χ2v) is 9.77. The summed E-state index contributed by atoms with van der Waals surface area (Å²) < 4.78 is 14.0. The van der Waals surface area contributed by atoms with Crippen molar-refractivity contribution < 1.29 is 14.3 Å². The number of rotatable bonds is 5. The largest absolute Gasteiger partial charge is 0.493 e. The fourth-order valence-electron chi connectivity index (χ4n) is 4.37. The topological polar surface area (TPSA) is 65.4 Å². The van der Waals surface area contributed by atoms with Crippen LogP contribution in [0.15, 0.2) is 24.3 Å². The van der Waals surface area contributed by atoms with Crippen LogP contribution in [0.4, 0.5) is 5.82 Å². The minimum Gasteiger partial charge on any atom is -0.493 e. The molecule has 0 bridgehead atoms. The Balaban J connectivity index is 1.78. The van der Waals surface area contributed by atoms with Crippen molar-refractivity contribution in [3.63, 3.8) is 0 Å². The Morgan fingerprint density at radius 2 is 2.17 bits per heavy atom. The molecule has 1 N–H and O–H groups in total. The molecule has 3 heterocycles. The number of anilines is 1. The van der Waals surface area contributed by atoms with Crippen molar-refractivity contribution in [1.29, 1.82) is 0 Å². The van der Waals surface area contributed by atoms with Gasteiger partial charge >= 0.3 is 0 Å². The second kappa shape index (κ2) is 8.63. The molecule has 1 amide bonds. The van der Waals surface area contributed by atoms with E-state index in [9.17, 15) is 4.79 Å². The third-order valence-corrected chi connectivity index (χ3v) is 6.96. The molecule has 0 spiro atoms. The molecule has 1 saturated heterocycles. The van der Waals surface area contributed by atoms with Crippen molar-refractivity contribution in [3.05, 3.63) is 41.1 Å². The van der Waals surface area contributed by atoms with Crippen LogP contribution in [-0.2, 0) is 9.53 Å². The SMILES string of the molecule is CCCOc1ccccc1[C@H]1SCC(=O)Nc2c1c(C)nn2[C@@H]1CCOC(C)(C)C1. The van der Waals surface area contributed by atoms with E-state index in [2.05, 4.69) is 32.2 Å². The standard InChI is InChI=1S/C23H31N3O3S/c1-5-11-28-18-9-7-6-8-17(18)21-20-15(2)25-26(22(20)24-19(27)14-30-21)16-10-12-29-23(3,4)13-16/h6-9,16,21H,5,10-14H2,1-4H3,(H,24,27)/t16-,21-/m1/s1. The summed E-state index contributed by atoms with van der Waals surface area (Å²) in [6, 6.07) is 8.37. The molecule has 4 rings (SSSR count). The van der Waals surface area contributed by atoms with Crippen LogP contribution in [0.3, 0.4) is 0 Å². The van der Waals surface area contributed by atoms with Crippen LogP contribution >= 0.6 is 11.8 Å². The molecule has 1 fully saturated rings. The molecule has 30 heavy (non-hydrogen) atoms. The normalized spacial score (nSPS) is 23.4. The average Bonchev–Trinajstić information content (AvgIpc) is 2.91. The molecule has 2 aliphatic heterocycles. The van der Waals surface area contributed by atoms with Crippen molar-refractivity contribution in [2.24, 2.45) is 0 Å². The first-order valence-electron chi connectivity index (χ1n) is 10.8. The fourth-order valence-corrected chi connectivity index (χ4v) is 5.58. The number of thioether (sulfide) groups is 1. The van der Waals surface area contributed by atoms with Crippen LogP contribution in [-0.4, -0.2) is 40.3 Å². The Hall–Kier alpha value is -1.99. The third kappa shape index (κ3) is 4.23. The van der Waals surface area contributed by atoms with Gasteiger partial charge in [0.1, 0.15) is 11.6 Å². The number of hydrogen-bond donors (Lipinski definition) is 1. The molecule has 1 aromatic carbocycles. The minimum absolute atomic E-state index is 0.00592. The van der Waals surface area contributed by atoms with Gasteiger partial charge in [-0.3, -0.25) is 4.79 Å². The van der Waals surface area contributed by atoms with Gasteiger partial charge < -0.3 is 14.8 Å². The first-order chi connectivity index (χ1) is 14.4. The van der Waals surface area contributed by atoms with Crippen LogP contribution in [0.1, 0.15) is 68.1 Å². The van der Waals surface area contributed by atoms with E-state index in [-0.39, 0.29) is 22.8 Å². The van der Waals surface area contributed by atoms with Gasteiger partial charge in [0, 0.05) is 17.7 Å². The molecule has 7 heteroatoms. The first-order valence-corrected chi connectivity index (χ1v) is 11.8. The summed E-state index contributed by atoms with van der Waals surface area (Å²) in [5.74, 6) is 2.14. The predicted octanol–water partition coefficient (Wildman–Crippen LogP) is 4.89. The van der Waals surface area contributed by atoms with Gasteiger partial charge in [0.05, 0.1) is 34.9 Å². The number of benzene rings is 1. The van der Waals surface area contributed by atoms with Crippen LogP contribution < -0.4 is 10.1 Å². The van der Waals surface area contributed by atoms with E-state index < -0.39 is 0 Å². The molecule has 0 radical (unpaired) electrons. The van der Waals surface area contributed by atoms with Crippen LogP contribution in [0.25, 0.3) is 0 Å². The average molecular weight is 430 g/mol. The van der Waals surface area contributed by atoms with Crippen LogP contribution in [0.2, 0.25) is 0 Å². The van der Waals surface area contributed by atoms with Gasteiger partial charge in [-0.15, -0.1) is 11.8 Å². The Kier molecular flexibility index (Phi) is 6.11. The molecule has 1 aromatic heterocycles. The predicted molar refractivity (Wildman–Crippen MR) is 120 cm³/mol. The van der Waals surface area contributed by atoms with Gasteiger partial charge in [-0.2, -0.15) is 5.10 Å². The fraction of sp³-hybridized carbons (Fsp3) is 0.565. The van der Waals surface area contributed by atoms with Crippen LogP contribution in [0, 0.1) is 6.92 Å². The molecule has 162 valence electrons. The van der Waals surface area contributed by atoms with Crippen molar-refractivity contribution in [2.45, 2.75) is 63.9 Å². The number of nitrogens with one attached hydrogen (secondary N) is 1. The maximum atomic E-state index is 12.6. The lowest BCUT2D eigenvalue weighted by molar-refractivity contribution is -0.113. The summed E-state index contributed by atoms with van der Waals surface area (Å²) in [6.45, 7) is 9.76. The Morgan fingerprint density at radius 3 is 2.93 bits per heavy atom. The lowest BCUT2D eigenvalue weighted by Gasteiger charge is -2.36. The van der Waals surface area contributed by atoms with Crippen LogP contribution in [0.5, 0.6) is 5.75 Å². The highest BCUT2D eigenvalue weighted by molar-refractivity contribution is 8.00. The van der Waals surface area contributed by atoms with E-state index in [0.29, 0.717) is 19.0 Å². The number of amides is 1. The maximum absolute atomic E-state index is 12.6. The van der Waals surface area contributed by atoms with E-state index in [1.165, 1.54) is 0 Å². The summed E-state index contributed by atoms with van der Waals surface area (Å²) in [4.78, 5) is 12.6. The highest BCUT2D eigenvalue weighted by atomic mass is 32.2. The van der Waals surface area contributed by atoms with Crippen molar-refractivity contribution in [3.8, 4) is 5.75 Å². The smallest absolute Gasteiger partial charge is 0.235 e. The zero-order valence-corrected chi connectivity index (χ0v) is 19.1. The zero-order chi connectivity index (χ0) is 21.3. The first kappa shape index (κ1) is 21.2. The lowest BCUT2D eigenvalue weighted by atomic mass is 9.94. The van der Waals surface area contributed by atoms with E-state index in [4.69, 9.17) is 14.6 Å². The van der Waals surface area contributed by atoms with Crippen molar-refractivity contribution in [2.75, 3.05) is 24.3 Å². The number of carbonyl (C=O) groups excluding carboxylic acids is 1. The summed E-state index contributed by atoms with van der Waals surface area (Å²) >= 11 is 1.64. The zero-order valence-electron chi connectivity index (χ0n) is 18.2. The Bertz CT molecular complexity index is 924. The Labute approximate surface area is 182 Å². The summed E-state index contributed by atoms with van der Waals surface area (Å²) in [5.41, 5.74) is 2.95. The van der Waals surface area contributed by atoms with E-state index >= 15 is 0 Å². The molecular weight excluding hydrogens is 398 g/mol. The van der Waals surface area contributed by atoms with E-state index in [1.807, 2.05) is 29.8 Å². The van der Waals surface area contributed by atoms with Crippen molar-refractivity contribution in [1.82, 2.24) is 9.78 Å². The van der Waals surface area contributed by atoms with Crippen molar-refractivity contribution >= 4 is 23.5 Å². The summed E-state index contributed by atoms with van der Waals surface area (Å²) in [7, 11) is 0. The minimum atomic E-state index is -0.195. The monoisotopic (exact) mass is 429 g/mol. The summed E-state index contributed by atoms with van der Waals surface area (Å²) in [6.07, 6.45) is 2.71. The number of aromatic nitrogens is 2. The number of hydrogen-bond acceptors (Lipinski definition) is 5. The number of ether oxygens (including phenoxy) is 2. The molecule has 0 aliphatic carbocycles. The molecule has 0 saturated carbocycles. The molecule has 2 aliphatic rings. The van der Waals surface area contributed by atoms with Gasteiger partial charge in [0.2, 0.25) is 5.91 Å². The molecule has 2 aromatic rings. The van der Waals surface area contributed by atoms with Gasteiger partial charge in [-0.1, -0.05) is 25.1 Å². The second-order valence-electron chi connectivity index (χ2n) is 8.67. The number of para-hydroxylation sites is 1. The Morgan fingerprint density at radius 1 is 1.37 bits per heavy atom. The number of fused-ring (bicyclic) bond motifs is 1. The maximum Gasteiger partial charge on any atom is 0.235 e. The summed E-state index contributed by atoms with van der Waals surface area (Å²) in [5, 5.41) is 8.07. The molecular formula is C23H31N3O3S. The third-order valence-electron chi connectivity index (χ3n) is 5.71. The number of carbonyl (C=O) groups is 1. The van der Waals surface area contributed by atoms with Gasteiger partial charge in [-0.05, 0) is 46.1 Å². The van der Waals surface area contributed by atoms with E-state index in [0.717, 1.165) is 47.7 Å². The molecule has 2 atom stereocenters. The molecule has 6 nitrogen and oxygen atoms in total. The molecule has 0 unspecified atom stereocenters. The quantitative estimate of drug-likeness (QED) is 0.733. The van der Waals surface area contributed by atoms with Gasteiger partial charge in [0.25, 0.3) is 0 Å². The highest BCUT2D eigenvalue weighted by Crippen LogP contribution is 2.47. The highest BCUT2D eigenvalue weighted by Gasteiger charge is 2.36. The van der Waals surface area contributed by atoms with Gasteiger partial charge in [0.15, 0.2) is 0 Å². The number of nitrogens with zero attached hydrogens (tertiary/aromatic N) is 2. The lowest BCUT2D eigenvalue weighted by Crippen LogP contribution is -2.36. The van der Waals surface area contributed by atoms with E-state index in [1.54, 1.807) is 11.8 Å². The number of aryl methyl sites for hydroxylation is 1. The van der Waals surface area contributed by atoms with Gasteiger partial charge in [-0.25, -0.2) is 4.68 Å².